The molecular weight excluding hydrogens is 130 g/mol. The van der Waals surface area contributed by atoms with Gasteiger partial charge in [0.15, 0.2) is 0 Å². The van der Waals surface area contributed by atoms with Gasteiger partial charge in [0.05, 0.1) is 6.61 Å². The third-order valence-corrected chi connectivity index (χ3v) is 1.94. The largest absolute Gasteiger partial charge is 0.449 e. The molecule has 0 heterocycles. The van der Waals surface area contributed by atoms with Crippen molar-refractivity contribution in [3.05, 3.63) is 0 Å². The molecule has 3 nitrogen and oxygen atoms in total. The van der Waals surface area contributed by atoms with Crippen LogP contribution in [-0.2, 0) is 4.74 Å². The van der Waals surface area contributed by atoms with E-state index in [0.29, 0.717) is 12.5 Å². The van der Waals surface area contributed by atoms with Gasteiger partial charge >= 0.3 is 6.09 Å². The molecule has 0 bridgehead atoms. The third kappa shape index (κ3) is 2.25. The van der Waals surface area contributed by atoms with E-state index in [-0.39, 0.29) is 1.43 Å². The molecule has 1 fully saturated rings. The Bertz CT molecular complexity index is 124. The van der Waals surface area contributed by atoms with Crippen LogP contribution in [-0.4, -0.2) is 12.7 Å². The second-order valence-corrected chi connectivity index (χ2v) is 2.78. The lowest BCUT2D eigenvalue weighted by Gasteiger charge is -2.06. The quantitative estimate of drug-likeness (QED) is 0.640. The molecule has 0 aromatic rings. The van der Waals surface area contributed by atoms with Crippen LogP contribution in [0.5, 0.6) is 0 Å². The van der Waals surface area contributed by atoms with Gasteiger partial charge in [-0.1, -0.05) is 12.8 Å². The Balaban J connectivity index is 0.000001000. The Hall–Kier alpha value is -0.730. The summed E-state index contributed by atoms with van der Waals surface area (Å²) < 4.78 is 4.66. The van der Waals surface area contributed by atoms with Gasteiger partial charge in [0.1, 0.15) is 0 Å². The minimum atomic E-state index is -0.646. The molecule has 1 aliphatic rings. The fourth-order valence-corrected chi connectivity index (χ4v) is 1.38. The second-order valence-electron chi connectivity index (χ2n) is 2.78. The number of carbonyl (C=O) groups excluding carboxylic acids is 1. The van der Waals surface area contributed by atoms with E-state index in [1.165, 1.54) is 25.7 Å². The van der Waals surface area contributed by atoms with Crippen LogP contribution in [0.3, 0.4) is 0 Å². The van der Waals surface area contributed by atoms with Crippen molar-refractivity contribution in [1.29, 1.82) is 0 Å². The lowest BCUT2D eigenvalue weighted by Crippen LogP contribution is -2.17. The maximum absolute atomic E-state index is 10.2. The lowest BCUT2D eigenvalue weighted by atomic mass is 10.1. The third-order valence-electron chi connectivity index (χ3n) is 1.94. The van der Waals surface area contributed by atoms with Crippen molar-refractivity contribution in [2.75, 3.05) is 6.61 Å². The van der Waals surface area contributed by atoms with Crippen LogP contribution in [0.4, 0.5) is 4.79 Å². The van der Waals surface area contributed by atoms with Gasteiger partial charge in [0, 0.05) is 1.43 Å². The highest BCUT2D eigenvalue weighted by atomic mass is 16.5. The van der Waals surface area contributed by atoms with E-state index in [1.54, 1.807) is 0 Å². The van der Waals surface area contributed by atoms with E-state index >= 15 is 0 Å². The average molecular weight is 145 g/mol. The number of nitrogens with two attached hydrogens (primary N) is 1. The maximum atomic E-state index is 10.2. The normalized spacial score (nSPS) is 19.2. The van der Waals surface area contributed by atoms with E-state index in [1.807, 2.05) is 0 Å². The van der Waals surface area contributed by atoms with Crippen LogP contribution in [0.2, 0.25) is 0 Å². The number of carbonyl (C=O) groups is 1. The summed E-state index contributed by atoms with van der Waals surface area (Å²) in [4.78, 5) is 10.2. The fourth-order valence-electron chi connectivity index (χ4n) is 1.38. The number of ether oxygens (including phenoxy) is 1. The Kier molecular flexibility index (Phi) is 2.54. The van der Waals surface area contributed by atoms with Crippen LogP contribution in [0.1, 0.15) is 27.1 Å². The predicted molar refractivity (Wildman–Crippen MR) is 39.6 cm³/mol. The Morgan fingerprint density at radius 1 is 1.60 bits per heavy atom. The van der Waals surface area contributed by atoms with Gasteiger partial charge in [-0.25, -0.2) is 4.79 Å². The molecule has 1 saturated carbocycles. The zero-order valence-electron chi connectivity index (χ0n) is 6.01. The highest BCUT2D eigenvalue weighted by Crippen LogP contribution is 2.24. The van der Waals surface area contributed by atoms with Gasteiger partial charge in [0.2, 0.25) is 0 Å². The summed E-state index contributed by atoms with van der Waals surface area (Å²) in [5.41, 5.74) is 4.81. The van der Waals surface area contributed by atoms with Crippen molar-refractivity contribution >= 4 is 6.09 Å². The second kappa shape index (κ2) is 3.44. The Morgan fingerprint density at radius 3 is 2.70 bits per heavy atom. The van der Waals surface area contributed by atoms with Crippen LogP contribution >= 0.6 is 0 Å². The fraction of sp³-hybridized carbons (Fsp3) is 0.857. The summed E-state index contributed by atoms with van der Waals surface area (Å²) >= 11 is 0. The smallest absolute Gasteiger partial charge is 0.404 e. The first-order chi connectivity index (χ1) is 4.79. The van der Waals surface area contributed by atoms with Gasteiger partial charge in [-0.3, -0.25) is 0 Å². The van der Waals surface area contributed by atoms with E-state index in [9.17, 15) is 4.79 Å². The van der Waals surface area contributed by atoms with Crippen molar-refractivity contribution in [2.45, 2.75) is 25.7 Å². The molecular formula is C7H15NO2. The van der Waals surface area contributed by atoms with E-state index in [0.717, 1.165) is 0 Å². The van der Waals surface area contributed by atoms with Crippen molar-refractivity contribution in [3.8, 4) is 0 Å². The number of hydrogen-bond acceptors (Lipinski definition) is 2. The first kappa shape index (κ1) is 7.38. The van der Waals surface area contributed by atoms with Crippen LogP contribution in [0, 0.1) is 5.92 Å². The molecule has 0 unspecified atom stereocenters. The summed E-state index contributed by atoms with van der Waals surface area (Å²) in [6, 6.07) is 0. The highest BCUT2D eigenvalue weighted by molar-refractivity contribution is 5.64. The van der Waals surface area contributed by atoms with Crippen molar-refractivity contribution < 1.29 is 11.0 Å². The predicted octanol–water partition coefficient (Wildman–Crippen LogP) is 1.52. The first-order valence-electron chi connectivity index (χ1n) is 3.71. The first-order valence-corrected chi connectivity index (χ1v) is 3.71. The number of primary amides is 1. The molecule has 0 aromatic carbocycles. The Morgan fingerprint density at radius 2 is 2.20 bits per heavy atom. The minimum Gasteiger partial charge on any atom is -0.449 e. The number of amides is 1. The summed E-state index contributed by atoms with van der Waals surface area (Å²) in [5.74, 6) is 0.576. The average Bonchev–Trinajstić information content (AvgIpc) is 2.34. The maximum Gasteiger partial charge on any atom is 0.404 e. The molecule has 10 heavy (non-hydrogen) atoms. The van der Waals surface area contributed by atoms with E-state index in [4.69, 9.17) is 5.73 Å². The molecule has 1 amide bonds. The molecule has 0 spiro atoms. The zero-order valence-corrected chi connectivity index (χ0v) is 6.01. The van der Waals surface area contributed by atoms with Crippen LogP contribution < -0.4 is 5.73 Å². The summed E-state index contributed by atoms with van der Waals surface area (Å²) in [6.45, 7) is 0.523. The van der Waals surface area contributed by atoms with Crippen molar-refractivity contribution in [1.82, 2.24) is 0 Å². The van der Waals surface area contributed by atoms with Crippen LogP contribution in [0.15, 0.2) is 0 Å². The molecule has 2 N–H and O–H groups in total. The van der Waals surface area contributed by atoms with Gasteiger partial charge in [-0.15, -0.1) is 0 Å². The SMILES string of the molecule is NC(=O)OCC1CCCC1.[HH]. The van der Waals surface area contributed by atoms with Crippen molar-refractivity contribution in [2.24, 2.45) is 11.7 Å². The van der Waals surface area contributed by atoms with Crippen molar-refractivity contribution in [3.63, 3.8) is 0 Å². The van der Waals surface area contributed by atoms with Gasteiger partial charge < -0.3 is 10.5 Å². The van der Waals surface area contributed by atoms with E-state index in [2.05, 4.69) is 4.74 Å². The molecule has 0 aliphatic heterocycles. The van der Waals surface area contributed by atoms with E-state index < -0.39 is 6.09 Å². The molecule has 3 heteroatoms. The molecule has 0 radical (unpaired) electrons. The number of rotatable bonds is 2. The highest BCUT2D eigenvalue weighted by Gasteiger charge is 2.15. The molecule has 0 saturated heterocycles. The van der Waals surface area contributed by atoms with Crippen LogP contribution in [0.25, 0.3) is 0 Å². The molecule has 0 atom stereocenters. The van der Waals surface area contributed by atoms with Gasteiger partial charge in [0.25, 0.3) is 0 Å². The molecule has 1 rings (SSSR count). The van der Waals surface area contributed by atoms with Gasteiger partial charge in [-0.05, 0) is 18.8 Å². The monoisotopic (exact) mass is 145 g/mol. The number of hydrogen-bond donors (Lipinski definition) is 1. The lowest BCUT2D eigenvalue weighted by molar-refractivity contribution is 0.137. The molecule has 60 valence electrons. The minimum absolute atomic E-state index is 0. The Labute approximate surface area is 62.0 Å². The summed E-state index contributed by atoms with van der Waals surface area (Å²) in [7, 11) is 0. The summed E-state index contributed by atoms with van der Waals surface area (Å²) in [6.07, 6.45) is 4.27. The molecule has 1 aliphatic carbocycles. The zero-order chi connectivity index (χ0) is 7.40. The van der Waals surface area contributed by atoms with Gasteiger partial charge in [-0.2, -0.15) is 0 Å². The standard InChI is InChI=1S/C7H13NO2.H2/c8-7(9)10-5-6-3-1-2-4-6;/h6H,1-5H2,(H2,8,9);1H. The topological polar surface area (TPSA) is 52.3 Å². The summed E-state index contributed by atoms with van der Waals surface area (Å²) in [5, 5.41) is 0. The molecule has 0 aromatic heterocycles.